The van der Waals surface area contributed by atoms with E-state index in [9.17, 15) is 9.59 Å². The van der Waals surface area contributed by atoms with Gasteiger partial charge in [0.15, 0.2) is 0 Å². The van der Waals surface area contributed by atoms with Gasteiger partial charge in [-0.15, -0.1) is 0 Å². The highest BCUT2D eigenvalue weighted by atomic mass is 16.5. The number of nitrogens with zero attached hydrogens (tertiary/aromatic N) is 2. The normalized spacial score (nSPS) is 17.9. The van der Waals surface area contributed by atoms with Crippen LogP contribution in [0.1, 0.15) is 19.3 Å². The largest absolute Gasteiger partial charge is 0.496 e. The number of hydrogen-bond acceptors (Lipinski definition) is 3. The first kappa shape index (κ1) is 16.4. The number of rotatable bonds is 5. The molecule has 128 valence electrons. The number of carboxylic acid groups (broad SMARTS) is 1. The maximum atomic E-state index is 12.4. The van der Waals surface area contributed by atoms with Crippen molar-refractivity contribution in [3.63, 3.8) is 0 Å². The van der Waals surface area contributed by atoms with Crippen molar-refractivity contribution in [3.8, 4) is 5.75 Å². The summed E-state index contributed by atoms with van der Waals surface area (Å²) in [5.41, 5.74) is 1.03. The third-order valence-corrected chi connectivity index (χ3v) is 4.68. The highest BCUT2D eigenvalue weighted by Gasteiger charge is 2.27. The number of benzene rings is 1. The van der Waals surface area contributed by atoms with Crippen LogP contribution in [0.5, 0.6) is 5.75 Å². The number of piperidine rings is 1. The summed E-state index contributed by atoms with van der Waals surface area (Å²) in [6.07, 6.45) is 3.73. The third kappa shape index (κ3) is 3.22. The van der Waals surface area contributed by atoms with Crippen molar-refractivity contribution in [2.45, 2.75) is 25.8 Å². The molecule has 0 radical (unpaired) electrons. The van der Waals surface area contributed by atoms with Crippen LogP contribution in [0.3, 0.4) is 0 Å². The monoisotopic (exact) mass is 330 g/mol. The summed E-state index contributed by atoms with van der Waals surface area (Å²) in [7, 11) is 1.64. The lowest BCUT2D eigenvalue weighted by Gasteiger charge is -2.30. The van der Waals surface area contributed by atoms with Crippen molar-refractivity contribution < 1.29 is 19.4 Å². The number of methoxy groups -OCH3 is 1. The molecular weight excluding hydrogens is 308 g/mol. The Kier molecular flexibility index (Phi) is 4.74. The summed E-state index contributed by atoms with van der Waals surface area (Å²) in [4.78, 5) is 25.2. The van der Waals surface area contributed by atoms with Gasteiger partial charge in [0, 0.05) is 37.6 Å². The van der Waals surface area contributed by atoms with E-state index in [4.69, 9.17) is 9.84 Å². The lowest BCUT2D eigenvalue weighted by atomic mass is 9.98. The zero-order valence-electron chi connectivity index (χ0n) is 13.8. The molecule has 1 atom stereocenters. The molecule has 1 unspecified atom stereocenters. The van der Waals surface area contributed by atoms with Crippen LogP contribution in [-0.4, -0.2) is 46.6 Å². The number of hydrogen-bond donors (Lipinski definition) is 1. The Morgan fingerprint density at radius 3 is 2.92 bits per heavy atom. The molecule has 2 heterocycles. The van der Waals surface area contributed by atoms with Gasteiger partial charge in [-0.1, -0.05) is 6.07 Å². The predicted molar refractivity (Wildman–Crippen MR) is 90.0 cm³/mol. The van der Waals surface area contributed by atoms with Crippen LogP contribution < -0.4 is 4.74 Å². The number of carboxylic acids is 1. The predicted octanol–water partition coefficient (Wildman–Crippen LogP) is 2.36. The van der Waals surface area contributed by atoms with Crippen LogP contribution in [0.4, 0.5) is 0 Å². The maximum Gasteiger partial charge on any atom is 0.308 e. The maximum absolute atomic E-state index is 12.4. The van der Waals surface area contributed by atoms with E-state index >= 15 is 0 Å². The Bertz CT molecular complexity index is 753. The van der Waals surface area contributed by atoms with Crippen LogP contribution in [0.25, 0.3) is 10.9 Å². The number of aryl methyl sites for hydroxylation is 1. The first-order valence-electron chi connectivity index (χ1n) is 8.22. The molecule has 1 amide bonds. The van der Waals surface area contributed by atoms with Gasteiger partial charge in [-0.05, 0) is 31.0 Å². The Labute approximate surface area is 140 Å². The molecule has 6 heteroatoms. The van der Waals surface area contributed by atoms with Gasteiger partial charge < -0.3 is 19.3 Å². The molecule has 24 heavy (non-hydrogen) atoms. The summed E-state index contributed by atoms with van der Waals surface area (Å²) < 4.78 is 7.39. The number of likely N-dealkylation sites (tertiary alicyclic amines) is 1. The molecule has 1 N–H and O–H groups in total. The second-order valence-corrected chi connectivity index (χ2v) is 6.17. The van der Waals surface area contributed by atoms with Crippen LogP contribution in [-0.2, 0) is 16.1 Å². The number of fused-ring (bicyclic) bond motifs is 1. The molecule has 1 saturated heterocycles. The van der Waals surface area contributed by atoms with Crippen molar-refractivity contribution in [1.82, 2.24) is 9.47 Å². The van der Waals surface area contributed by atoms with Gasteiger partial charge in [-0.3, -0.25) is 9.59 Å². The van der Waals surface area contributed by atoms with E-state index in [0.717, 1.165) is 23.1 Å². The summed E-state index contributed by atoms with van der Waals surface area (Å²) in [5, 5.41) is 10.2. The molecule has 3 rings (SSSR count). The summed E-state index contributed by atoms with van der Waals surface area (Å²) in [5.74, 6) is -0.404. The highest BCUT2D eigenvalue weighted by Crippen LogP contribution is 2.26. The van der Waals surface area contributed by atoms with Gasteiger partial charge in [0.1, 0.15) is 5.75 Å². The highest BCUT2D eigenvalue weighted by molar-refractivity contribution is 5.86. The van der Waals surface area contributed by atoms with Crippen molar-refractivity contribution in [2.75, 3.05) is 20.2 Å². The van der Waals surface area contributed by atoms with Crippen LogP contribution >= 0.6 is 0 Å². The van der Waals surface area contributed by atoms with Crippen molar-refractivity contribution in [2.24, 2.45) is 5.92 Å². The van der Waals surface area contributed by atoms with Gasteiger partial charge >= 0.3 is 5.97 Å². The van der Waals surface area contributed by atoms with E-state index in [2.05, 4.69) is 0 Å². The molecular formula is C18H22N2O4. The summed E-state index contributed by atoms with van der Waals surface area (Å²) in [6.45, 7) is 1.56. The molecule has 1 aromatic carbocycles. The number of carbonyl (C=O) groups is 2. The van der Waals surface area contributed by atoms with Crippen molar-refractivity contribution >= 4 is 22.8 Å². The minimum atomic E-state index is -0.809. The van der Waals surface area contributed by atoms with Crippen LogP contribution in [0.15, 0.2) is 30.5 Å². The quantitative estimate of drug-likeness (QED) is 0.913. The minimum absolute atomic E-state index is 0.0192. The Morgan fingerprint density at radius 1 is 1.33 bits per heavy atom. The second-order valence-electron chi connectivity index (χ2n) is 6.17. The molecule has 1 aliphatic heterocycles. The minimum Gasteiger partial charge on any atom is -0.496 e. The lowest BCUT2D eigenvalue weighted by Crippen LogP contribution is -2.42. The van der Waals surface area contributed by atoms with Gasteiger partial charge in [-0.2, -0.15) is 0 Å². The molecule has 1 aliphatic rings. The Morgan fingerprint density at radius 2 is 2.17 bits per heavy atom. The number of aromatic nitrogens is 1. The number of ether oxygens (including phenoxy) is 1. The fourth-order valence-corrected chi connectivity index (χ4v) is 3.35. The average Bonchev–Trinajstić information content (AvgIpc) is 3.03. The molecule has 2 aromatic rings. The molecule has 0 aliphatic carbocycles. The van der Waals surface area contributed by atoms with Crippen molar-refractivity contribution in [1.29, 1.82) is 0 Å². The van der Waals surface area contributed by atoms with Crippen LogP contribution in [0, 0.1) is 5.92 Å². The summed E-state index contributed by atoms with van der Waals surface area (Å²) in [6, 6.07) is 7.84. The lowest BCUT2D eigenvalue weighted by molar-refractivity contribution is -0.145. The molecule has 1 aromatic heterocycles. The van der Waals surface area contributed by atoms with Crippen LogP contribution in [0.2, 0.25) is 0 Å². The van der Waals surface area contributed by atoms with E-state index < -0.39 is 11.9 Å². The smallest absolute Gasteiger partial charge is 0.308 e. The van der Waals surface area contributed by atoms with Crippen molar-refractivity contribution in [3.05, 3.63) is 30.5 Å². The first-order chi connectivity index (χ1) is 11.6. The molecule has 0 saturated carbocycles. The number of amides is 1. The number of carbonyl (C=O) groups excluding carboxylic acids is 1. The summed E-state index contributed by atoms with van der Waals surface area (Å²) >= 11 is 0. The van der Waals surface area contributed by atoms with E-state index in [0.29, 0.717) is 32.5 Å². The van der Waals surface area contributed by atoms with E-state index in [1.807, 2.05) is 35.0 Å². The van der Waals surface area contributed by atoms with E-state index in [-0.39, 0.29) is 5.91 Å². The zero-order valence-corrected chi connectivity index (χ0v) is 13.8. The topological polar surface area (TPSA) is 71.8 Å². The Balaban J connectivity index is 1.65. The van der Waals surface area contributed by atoms with Gasteiger partial charge in [0.2, 0.25) is 5.91 Å². The zero-order chi connectivity index (χ0) is 17.1. The molecule has 1 fully saturated rings. The fraction of sp³-hybridized carbons (Fsp3) is 0.444. The van der Waals surface area contributed by atoms with Gasteiger partial charge in [-0.25, -0.2) is 0 Å². The SMILES string of the molecule is COc1cccc2c1ccn2CCC(=O)N1CCCC(C(=O)O)C1. The van der Waals surface area contributed by atoms with Gasteiger partial charge in [0.25, 0.3) is 0 Å². The van der Waals surface area contributed by atoms with E-state index in [1.165, 1.54) is 0 Å². The molecule has 0 bridgehead atoms. The fourth-order valence-electron chi connectivity index (χ4n) is 3.35. The van der Waals surface area contributed by atoms with Gasteiger partial charge in [0.05, 0.1) is 18.5 Å². The average molecular weight is 330 g/mol. The van der Waals surface area contributed by atoms with E-state index in [1.54, 1.807) is 12.0 Å². The third-order valence-electron chi connectivity index (χ3n) is 4.68. The first-order valence-corrected chi connectivity index (χ1v) is 8.22. The molecule has 0 spiro atoms. The molecule has 6 nitrogen and oxygen atoms in total. The standard InChI is InChI=1S/C18H22N2O4/c1-24-16-6-2-5-15-14(16)7-10-19(15)11-8-17(21)20-9-3-4-13(12-20)18(22)23/h2,5-7,10,13H,3-4,8-9,11-12H2,1H3,(H,22,23). The second kappa shape index (κ2) is 6.95. The Hall–Kier alpha value is -2.50. The number of aliphatic carboxylic acids is 1.